The zero-order valence-corrected chi connectivity index (χ0v) is 17.7. The topological polar surface area (TPSA) is 142 Å². The van der Waals surface area contributed by atoms with Gasteiger partial charge in [-0.3, -0.25) is 25.0 Å². The van der Waals surface area contributed by atoms with Gasteiger partial charge in [-0.1, -0.05) is 6.07 Å². The lowest BCUT2D eigenvalue weighted by molar-refractivity contribution is -0.394. The monoisotopic (exact) mass is 461 g/mol. The highest BCUT2D eigenvalue weighted by atomic mass is 32.1. The molecule has 1 N–H and O–H groups in total. The molecule has 0 fully saturated rings. The van der Waals surface area contributed by atoms with Crippen molar-refractivity contribution in [1.29, 1.82) is 0 Å². The van der Waals surface area contributed by atoms with Crippen molar-refractivity contribution in [3.63, 3.8) is 0 Å². The van der Waals surface area contributed by atoms with Gasteiger partial charge in [0.2, 0.25) is 5.91 Å². The van der Waals surface area contributed by atoms with Crippen molar-refractivity contribution in [2.24, 2.45) is 0 Å². The molecule has 0 aliphatic carbocycles. The zero-order chi connectivity index (χ0) is 22.5. The minimum absolute atomic E-state index is 0.0146. The molecule has 0 radical (unpaired) electrons. The largest absolute Gasteiger partial charge is 0.462 e. The van der Waals surface area contributed by atoms with Gasteiger partial charge in [0.25, 0.3) is 11.4 Å². The summed E-state index contributed by atoms with van der Waals surface area (Å²) in [6.45, 7) is 1.82. The van der Waals surface area contributed by atoms with Crippen LogP contribution in [0.5, 0.6) is 0 Å². The van der Waals surface area contributed by atoms with Gasteiger partial charge in [-0.05, 0) is 24.4 Å². The number of nitro groups is 2. The fourth-order valence-electron chi connectivity index (χ4n) is 2.80. The summed E-state index contributed by atoms with van der Waals surface area (Å²) >= 11 is 2.56. The second-order valence-electron chi connectivity index (χ2n) is 6.10. The SMILES string of the molecule is CCOC(=O)c1c(-c2cccs2)csc1NC(=O)Cc1ccc([N+](=O)[O-])cc1[N+](=O)[O-]. The van der Waals surface area contributed by atoms with Crippen LogP contribution in [0.15, 0.2) is 41.1 Å². The van der Waals surface area contributed by atoms with E-state index in [1.807, 2.05) is 17.5 Å². The Morgan fingerprint density at radius 2 is 1.90 bits per heavy atom. The predicted octanol–water partition coefficient (Wildman–Crippen LogP) is 4.65. The molecule has 0 unspecified atom stereocenters. The van der Waals surface area contributed by atoms with Crippen LogP contribution in [0.2, 0.25) is 0 Å². The minimum atomic E-state index is -0.778. The van der Waals surface area contributed by atoms with Crippen LogP contribution in [0.25, 0.3) is 10.4 Å². The molecule has 10 nitrogen and oxygen atoms in total. The standard InChI is InChI=1S/C19H15N3O7S2/c1-2-29-19(24)17-13(15-4-3-7-30-15)10-31-18(17)20-16(23)8-11-5-6-12(21(25)26)9-14(11)22(27)28/h3-7,9-10H,2,8H2,1H3,(H,20,23). The molecule has 1 amide bonds. The molecule has 160 valence electrons. The van der Waals surface area contributed by atoms with E-state index < -0.39 is 39.5 Å². The fourth-order valence-corrected chi connectivity index (χ4v) is 4.59. The highest BCUT2D eigenvalue weighted by molar-refractivity contribution is 7.17. The maximum Gasteiger partial charge on any atom is 0.341 e. The maximum absolute atomic E-state index is 12.6. The van der Waals surface area contributed by atoms with Crippen LogP contribution in [0, 0.1) is 20.2 Å². The number of amides is 1. The smallest absolute Gasteiger partial charge is 0.341 e. The number of thiophene rings is 2. The van der Waals surface area contributed by atoms with Crippen LogP contribution in [0.4, 0.5) is 16.4 Å². The van der Waals surface area contributed by atoms with E-state index >= 15 is 0 Å². The summed E-state index contributed by atoms with van der Waals surface area (Å²) in [4.78, 5) is 46.5. The van der Waals surface area contributed by atoms with E-state index in [9.17, 15) is 29.8 Å². The summed E-state index contributed by atoms with van der Waals surface area (Å²) in [5.74, 6) is -1.20. The molecular weight excluding hydrogens is 446 g/mol. The van der Waals surface area contributed by atoms with Gasteiger partial charge in [-0.2, -0.15) is 0 Å². The Labute approximate surface area is 183 Å². The van der Waals surface area contributed by atoms with Crippen molar-refractivity contribution in [2.75, 3.05) is 11.9 Å². The lowest BCUT2D eigenvalue weighted by atomic mass is 10.1. The minimum Gasteiger partial charge on any atom is -0.462 e. The van der Waals surface area contributed by atoms with E-state index in [1.54, 1.807) is 12.3 Å². The van der Waals surface area contributed by atoms with E-state index in [4.69, 9.17) is 4.74 Å². The van der Waals surface area contributed by atoms with Crippen molar-refractivity contribution in [2.45, 2.75) is 13.3 Å². The van der Waals surface area contributed by atoms with Gasteiger partial charge in [-0.25, -0.2) is 4.79 Å². The van der Waals surface area contributed by atoms with Crippen molar-refractivity contribution in [3.8, 4) is 10.4 Å². The first kappa shape index (κ1) is 22.1. The highest BCUT2D eigenvalue weighted by Gasteiger charge is 2.25. The van der Waals surface area contributed by atoms with Crippen LogP contribution in [0.1, 0.15) is 22.8 Å². The molecule has 0 saturated carbocycles. The maximum atomic E-state index is 12.6. The average Bonchev–Trinajstić information content (AvgIpc) is 3.37. The van der Waals surface area contributed by atoms with Gasteiger partial charge < -0.3 is 10.1 Å². The molecule has 1 aromatic carbocycles. The van der Waals surface area contributed by atoms with Gasteiger partial charge in [-0.15, -0.1) is 22.7 Å². The highest BCUT2D eigenvalue weighted by Crippen LogP contribution is 2.38. The Kier molecular flexibility index (Phi) is 6.72. The van der Waals surface area contributed by atoms with Crippen LogP contribution < -0.4 is 5.32 Å². The number of anilines is 1. The number of esters is 1. The van der Waals surface area contributed by atoms with Gasteiger partial charge in [0.15, 0.2) is 0 Å². The second-order valence-corrected chi connectivity index (χ2v) is 7.93. The molecule has 3 rings (SSSR count). The molecule has 0 aliphatic rings. The number of nitro benzene ring substituents is 2. The molecule has 12 heteroatoms. The third-order valence-electron chi connectivity index (χ3n) is 4.14. The molecular formula is C19H15N3O7S2. The number of nitrogens with zero attached hydrogens (tertiary/aromatic N) is 2. The van der Waals surface area contributed by atoms with Gasteiger partial charge in [0.1, 0.15) is 10.6 Å². The summed E-state index contributed by atoms with van der Waals surface area (Å²) < 4.78 is 5.12. The summed E-state index contributed by atoms with van der Waals surface area (Å²) in [7, 11) is 0. The molecule has 0 spiro atoms. The number of nitrogens with one attached hydrogen (secondary N) is 1. The Morgan fingerprint density at radius 1 is 1.13 bits per heavy atom. The molecule has 2 aromatic heterocycles. The number of hydrogen-bond acceptors (Lipinski definition) is 9. The first-order chi connectivity index (χ1) is 14.8. The van der Waals surface area contributed by atoms with E-state index in [0.29, 0.717) is 5.56 Å². The Bertz CT molecular complexity index is 1160. The molecule has 3 aromatic rings. The number of non-ortho nitro benzene ring substituents is 1. The molecule has 0 aliphatic heterocycles. The Morgan fingerprint density at radius 3 is 2.52 bits per heavy atom. The lowest BCUT2D eigenvalue weighted by Crippen LogP contribution is -2.17. The normalized spacial score (nSPS) is 10.5. The van der Waals surface area contributed by atoms with Gasteiger partial charge in [0.05, 0.1) is 28.9 Å². The quantitative estimate of drug-likeness (QED) is 0.292. The molecule has 31 heavy (non-hydrogen) atoms. The fraction of sp³-hybridized carbons (Fsp3) is 0.158. The van der Waals surface area contributed by atoms with E-state index in [0.717, 1.165) is 28.3 Å². The first-order valence-corrected chi connectivity index (χ1v) is 10.6. The third-order valence-corrected chi connectivity index (χ3v) is 5.94. The number of hydrogen-bond donors (Lipinski definition) is 1. The number of rotatable bonds is 8. The second kappa shape index (κ2) is 9.45. The number of benzene rings is 1. The number of ether oxygens (including phenoxy) is 1. The van der Waals surface area contributed by atoms with Crippen molar-refractivity contribution < 1.29 is 24.2 Å². The summed E-state index contributed by atoms with van der Waals surface area (Å²) in [6, 6.07) is 6.75. The predicted molar refractivity (Wildman–Crippen MR) is 116 cm³/mol. The van der Waals surface area contributed by atoms with E-state index in [-0.39, 0.29) is 22.7 Å². The Balaban J connectivity index is 1.88. The molecule has 0 saturated heterocycles. The molecule has 0 bridgehead atoms. The summed E-state index contributed by atoms with van der Waals surface area (Å²) in [5.41, 5.74) is -0.128. The number of carbonyl (C=O) groups is 2. The lowest BCUT2D eigenvalue weighted by Gasteiger charge is -2.08. The summed E-state index contributed by atoms with van der Waals surface area (Å²) in [6.07, 6.45) is -0.400. The van der Waals surface area contributed by atoms with Crippen molar-refractivity contribution >= 4 is 50.9 Å². The number of carbonyl (C=O) groups excluding carboxylic acids is 2. The van der Waals surface area contributed by atoms with Crippen LogP contribution in [-0.2, 0) is 16.0 Å². The molecule has 0 atom stereocenters. The van der Waals surface area contributed by atoms with Gasteiger partial charge >= 0.3 is 5.97 Å². The summed E-state index contributed by atoms with van der Waals surface area (Å²) in [5, 5.41) is 28.6. The van der Waals surface area contributed by atoms with Crippen molar-refractivity contribution in [3.05, 3.63) is 72.4 Å². The third kappa shape index (κ3) is 4.92. The molecule has 2 heterocycles. The van der Waals surface area contributed by atoms with E-state index in [1.165, 1.54) is 17.4 Å². The van der Waals surface area contributed by atoms with Crippen LogP contribution >= 0.6 is 22.7 Å². The zero-order valence-electron chi connectivity index (χ0n) is 16.0. The van der Waals surface area contributed by atoms with Crippen LogP contribution in [0.3, 0.4) is 0 Å². The van der Waals surface area contributed by atoms with Crippen molar-refractivity contribution in [1.82, 2.24) is 0 Å². The Hall–Kier alpha value is -3.64. The van der Waals surface area contributed by atoms with E-state index in [2.05, 4.69) is 5.32 Å². The van der Waals surface area contributed by atoms with Gasteiger partial charge in [0, 0.05) is 27.5 Å². The first-order valence-electron chi connectivity index (χ1n) is 8.85. The average molecular weight is 461 g/mol. The van der Waals surface area contributed by atoms with Crippen LogP contribution in [-0.4, -0.2) is 28.3 Å².